The Morgan fingerprint density at radius 3 is 0.956 bits per heavy atom. The number of hydrogen-bond donors (Lipinski definition) is 2. The van der Waals surface area contributed by atoms with Crippen LogP contribution in [0.3, 0.4) is 0 Å². The van der Waals surface area contributed by atoms with Gasteiger partial charge in [0.1, 0.15) is 0 Å². The maximum atomic E-state index is 10.8. The van der Waals surface area contributed by atoms with Crippen LogP contribution in [-0.2, 0) is 40.2 Å². The molecule has 250 valence electrons. The van der Waals surface area contributed by atoms with Crippen LogP contribution in [0.4, 0.5) is 0 Å². The topological polar surface area (TPSA) is 226 Å². The summed E-state index contributed by atoms with van der Waals surface area (Å²) in [6.45, 7) is 0. The summed E-state index contributed by atoms with van der Waals surface area (Å²) in [6, 6.07) is 5.40. The largest absolute Gasteiger partial charge is 2.00 e. The van der Waals surface area contributed by atoms with Gasteiger partial charge in [-0.1, -0.05) is 24.4 Å². The number of carbonyl (C=O) groups is 6. The van der Waals surface area contributed by atoms with Crippen LogP contribution in [0.1, 0.15) is 20.7 Å². The molecule has 0 atom stereocenters. The molecular formula is C26H36N8O8PtS2. The van der Waals surface area contributed by atoms with Crippen molar-refractivity contribution in [3.63, 3.8) is 0 Å². The molecule has 0 aromatic carbocycles. The minimum atomic E-state index is -1.08. The van der Waals surface area contributed by atoms with E-state index < -0.39 is 11.9 Å². The molecule has 0 fully saturated rings. The van der Waals surface area contributed by atoms with Crippen LogP contribution in [0.25, 0.3) is 22.2 Å². The van der Waals surface area contributed by atoms with Gasteiger partial charge in [-0.25, -0.2) is 9.59 Å². The summed E-state index contributed by atoms with van der Waals surface area (Å²) in [5.74, 6) is -2.15. The van der Waals surface area contributed by atoms with Crippen molar-refractivity contribution in [3.05, 3.63) is 58.6 Å². The summed E-state index contributed by atoms with van der Waals surface area (Å²) in [4.78, 5) is 73.1. The van der Waals surface area contributed by atoms with Gasteiger partial charge >= 0.3 is 33.0 Å². The fourth-order valence-electron chi connectivity index (χ4n) is 1.41. The molecule has 45 heavy (non-hydrogen) atoms. The predicted octanol–water partition coefficient (Wildman–Crippen LogP) is 1.67. The van der Waals surface area contributed by atoms with Crippen molar-refractivity contribution in [3.8, 4) is 11.4 Å². The molecule has 2 aromatic heterocycles. The Morgan fingerprint density at radius 2 is 0.822 bits per heavy atom. The summed E-state index contributed by atoms with van der Waals surface area (Å²) in [6.07, 6.45) is 5.68. The summed E-state index contributed by atoms with van der Waals surface area (Å²) in [5, 5.41) is 34.6. The number of carboxylic acid groups (broad SMARTS) is 2. The zero-order valence-electron chi connectivity index (χ0n) is 25.8. The molecule has 0 saturated heterocycles. The monoisotopic (exact) mass is 847 g/mol. The van der Waals surface area contributed by atoms with E-state index in [0.29, 0.717) is 11.4 Å². The van der Waals surface area contributed by atoms with E-state index in [-0.39, 0.29) is 32.2 Å². The third kappa shape index (κ3) is 44.0. The molecule has 0 aliphatic heterocycles. The SMILES string of the molecule is CN(C)C=O.CN(C)C=O.CN(C)C=O.CN(C)C=O.O=C(O)c1ccnc(-c2cc(C(=O)O)ccn2)c1.[N-]=C=S.[N-]=C=S.[Pt+2]. The van der Waals surface area contributed by atoms with Crippen LogP contribution in [0, 0.1) is 0 Å². The number of pyridine rings is 2. The summed E-state index contributed by atoms with van der Waals surface area (Å²) in [5.41, 5.74) is 0.779. The second-order valence-corrected chi connectivity index (χ2v) is 8.29. The minimum absolute atomic E-state index is 0. The first-order chi connectivity index (χ1) is 20.5. The van der Waals surface area contributed by atoms with E-state index >= 15 is 0 Å². The van der Waals surface area contributed by atoms with E-state index in [0.717, 1.165) is 25.6 Å². The molecule has 0 radical (unpaired) electrons. The van der Waals surface area contributed by atoms with Crippen molar-refractivity contribution in [1.29, 1.82) is 0 Å². The van der Waals surface area contributed by atoms with E-state index in [1.807, 2.05) is 0 Å². The van der Waals surface area contributed by atoms with Gasteiger partial charge in [-0.05, 0) is 24.3 Å². The third-order valence-corrected chi connectivity index (χ3v) is 3.12. The van der Waals surface area contributed by atoms with Gasteiger partial charge in [0.25, 0.3) is 0 Å². The number of aromatic nitrogens is 2. The Labute approximate surface area is 287 Å². The average molecular weight is 848 g/mol. The molecule has 2 rings (SSSR count). The Morgan fingerprint density at radius 1 is 0.644 bits per heavy atom. The smallest absolute Gasteiger partial charge is 0.753 e. The van der Waals surface area contributed by atoms with Gasteiger partial charge in [0.05, 0.1) is 22.5 Å². The number of hydrogen-bond acceptors (Lipinski definition) is 10. The first-order valence-corrected chi connectivity index (χ1v) is 12.2. The zero-order chi connectivity index (χ0) is 35.7. The van der Waals surface area contributed by atoms with Crippen molar-refractivity contribution < 1.29 is 60.0 Å². The molecule has 0 saturated carbocycles. The van der Waals surface area contributed by atoms with Crippen LogP contribution in [0.5, 0.6) is 0 Å². The minimum Gasteiger partial charge on any atom is -0.753 e. The summed E-state index contributed by atoms with van der Waals surface area (Å²) < 4.78 is 0. The number of aromatic carboxylic acids is 2. The van der Waals surface area contributed by atoms with Crippen LogP contribution >= 0.6 is 24.4 Å². The maximum Gasteiger partial charge on any atom is 2.00 e. The number of thiocarbonyl (C=S) groups is 2. The molecule has 0 aliphatic carbocycles. The van der Waals surface area contributed by atoms with E-state index in [4.69, 9.17) is 21.0 Å². The fourth-order valence-corrected chi connectivity index (χ4v) is 1.41. The Hall–Kier alpha value is -4.59. The number of nitrogens with zero attached hydrogens (tertiary/aromatic N) is 8. The van der Waals surface area contributed by atoms with Crippen molar-refractivity contribution >= 4 is 72.3 Å². The van der Waals surface area contributed by atoms with E-state index in [1.54, 1.807) is 56.4 Å². The molecule has 2 N–H and O–H groups in total. The molecule has 16 nitrogen and oxygen atoms in total. The van der Waals surface area contributed by atoms with Crippen LogP contribution in [0.15, 0.2) is 36.7 Å². The molecule has 0 aliphatic rings. The molecule has 2 aromatic rings. The summed E-state index contributed by atoms with van der Waals surface area (Å²) in [7, 11) is 13.5. The van der Waals surface area contributed by atoms with E-state index in [9.17, 15) is 28.8 Å². The molecule has 19 heteroatoms. The van der Waals surface area contributed by atoms with E-state index in [2.05, 4.69) is 34.4 Å². The van der Waals surface area contributed by atoms with Gasteiger partial charge in [0.2, 0.25) is 25.6 Å². The van der Waals surface area contributed by atoms with Gasteiger partial charge in [0.15, 0.2) is 0 Å². The summed E-state index contributed by atoms with van der Waals surface area (Å²) >= 11 is 7.40. The van der Waals surface area contributed by atoms with Crippen LogP contribution in [-0.4, -0.2) is 144 Å². The first kappa shape index (κ1) is 53.0. The molecule has 0 unspecified atom stereocenters. The Kier molecular flexibility index (Phi) is 44.1. The molecule has 4 amide bonds. The molecule has 2 heterocycles. The Balaban J connectivity index is -0.000000117. The standard InChI is InChI=1S/C12H8N2O4.4C3H7NO.2CNS.Pt/c15-11(16)7-1-3-13-9(5-7)10-6-8(12(17)18)2-4-14-10;4*1-4(2)3-5;2*2-1-3;/h1-6H,(H,15,16)(H,17,18);4*3H,1-2H3;;;/q;;;;;2*-1;+2. The molecular weight excluding hydrogens is 812 g/mol. The normalized spacial score (nSPS) is 7.38. The number of carbonyl (C=O) groups excluding carboxylic acids is 4. The predicted molar refractivity (Wildman–Crippen MR) is 172 cm³/mol. The number of carboxylic acids is 2. The molecule has 0 spiro atoms. The van der Waals surface area contributed by atoms with E-state index in [1.165, 1.54) is 66.6 Å². The second kappa shape index (κ2) is 37.4. The fraction of sp³-hybridized carbons (Fsp3) is 0.308. The number of amides is 4. The van der Waals surface area contributed by atoms with Gasteiger partial charge in [-0.15, -0.1) is 0 Å². The number of isothiocyanates is 2. The third-order valence-electron chi connectivity index (χ3n) is 3.12. The maximum absolute atomic E-state index is 10.8. The quantitative estimate of drug-likeness (QED) is 0.231. The van der Waals surface area contributed by atoms with Crippen molar-refractivity contribution in [2.24, 2.45) is 0 Å². The van der Waals surface area contributed by atoms with Gasteiger partial charge < -0.3 is 40.6 Å². The second-order valence-electron chi connectivity index (χ2n) is 7.93. The van der Waals surface area contributed by atoms with Crippen molar-refractivity contribution in [2.75, 3.05) is 56.4 Å². The molecule has 0 bridgehead atoms. The number of rotatable bonds is 7. The van der Waals surface area contributed by atoms with Gasteiger partial charge in [-0.2, -0.15) is 10.3 Å². The van der Waals surface area contributed by atoms with Crippen LogP contribution in [0.2, 0.25) is 0 Å². The van der Waals surface area contributed by atoms with Crippen molar-refractivity contribution in [2.45, 2.75) is 0 Å². The van der Waals surface area contributed by atoms with Crippen molar-refractivity contribution in [1.82, 2.24) is 29.6 Å². The van der Waals surface area contributed by atoms with Crippen LogP contribution < -0.4 is 0 Å². The van der Waals surface area contributed by atoms with Gasteiger partial charge in [-0.3, -0.25) is 29.1 Å². The van der Waals surface area contributed by atoms with Gasteiger partial charge in [0, 0.05) is 68.8 Å². The average Bonchev–Trinajstić information content (AvgIpc) is 2.99. The zero-order valence-corrected chi connectivity index (χ0v) is 29.7. The first-order valence-electron chi connectivity index (χ1n) is 11.4. The Bertz CT molecular complexity index is 1080.